The van der Waals surface area contributed by atoms with E-state index >= 15 is 0 Å². The number of nitrogens with zero attached hydrogens (tertiary/aromatic N) is 2. The topological polar surface area (TPSA) is 60.2 Å². The molecule has 172 valence electrons. The lowest BCUT2D eigenvalue weighted by atomic mass is 10.1. The Kier molecular flexibility index (Phi) is 9.58. The van der Waals surface area contributed by atoms with Crippen LogP contribution in [0.3, 0.4) is 0 Å². The molecule has 0 heterocycles. The molecule has 0 aliphatic carbocycles. The van der Waals surface area contributed by atoms with E-state index in [1.807, 2.05) is 0 Å². The van der Waals surface area contributed by atoms with E-state index < -0.39 is 5.97 Å². The van der Waals surface area contributed by atoms with Crippen LogP contribution in [0.2, 0.25) is 0 Å². The Hall–Kier alpha value is -3.54. The Morgan fingerprint density at radius 1 is 0.788 bits per heavy atom. The van der Waals surface area contributed by atoms with Gasteiger partial charge in [-0.25, -0.2) is 9.18 Å². The molecule has 0 N–H and O–H groups in total. The van der Waals surface area contributed by atoms with Gasteiger partial charge in [-0.3, -0.25) is 0 Å². The third kappa shape index (κ3) is 8.48. The number of carbonyl (C=O) groups excluding carboxylic acids is 1. The Labute approximate surface area is 194 Å². The van der Waals surface area contributed by atoms with E-state index in [1.165, 1.54) is 44.2 Å². The fourth-order valence-electron chi connectivity index (χ4n) is 3.16. The molecule has 3 rings (SSSR count). The van der Waals surface area contributed by atoms with Crippen molar-refractivity contribution in [3.8, 4) is 11.5 Å². The van der Waals surface area contributed by atoms with Gasteiger partial charge in [0.05, 0.1) is 23.5 Å². The molecule has 0 aliphatic heterocycles. The lowest BCUT2D eigenvalue weighted by Crippen LogP contribution is -2.08. The van der Waals surface area contributed by atoms with Crippen molar-refractivity contribution < 1.29 is 18.7 Å². The van der Waals surface area contributed by atoms with Crippen LogP contribution < -0.4 is 9.47 Å². The van der Waals surface area contributed by atoms with E-state index in [0.29, 0.717) is 29.3 Å². The smallest absolute Gasteiger partial charge is 0.343 e. The number of halogens is 1. The van der Waals surface area contributed by atoms with Gasteiger partial charge in [-0.05, 0) is 67.1 Å². The summed E-state index contributed by atoms with van der Waals surface area (Å²) < 4.78 is 24.4. The van der Waals surface area contributed by atoms with Gasteiger partial charge in [0.25, 0.3) is 0 Å². The molecule has 0 amide bonds. The van der Waals surface area contributed by atoms with E-state index in [0.717, 1.165) is 12.2 Å². The van der Waals surface area contributed by atoms with Gasteiger partial charge in [0.1, 0.15) is 17.3 Å². The Morgan fingerprint density at radius 3 is 2.18 bits per heavy atom. The van der Waals surface area contributed by atoms with Crippen molar-refractivity contribution in [1.82, 2.24) is 0 Å². The average Bonchev–Trinajstić information content (AvgIpc) is 2.83. The largest absolute Gasteiger partial charge is 0.494 e. The molecule has 0 aliphatic rings. The predicted octanol–water partition coefficient (Wildman–Crippen LogP) is 8.20. The summed E-state index contributed by atoms with van der Waals surface area (Å²) in [5.41, 5.74) is 1.42. The fraction of sp³-hybridized carbons (Fsp3) is 0.296. The second-order valence-corrected chi connectivity index (χ2v) is 7.70. The predicted molar refractivity (Wildman–Crippen MR) is 127 cm³/mol. The molecule has 0 fully saturated rings. The molecule has 0 saturated heterocycles. The SMILES string of the molecule is CCCCCCCCOc1ccc(C(=O)Oc2ccc(N=Nc3cccc(F)c3)cc2)cc1. The number of ether oxygens (including phenoxy) is 2. The molecule has 3 aromatic carbocycles. The minimum absolute atomic E-state index is 0.369. The van der Waals surface area contributed by atoms with Gasteiger partial charge in [0.2, 0.25) is 0 Å². The van der Waals surface area contributed by atoms with Crippen molar-refractivity contribution in [2.75, 3.05) is 6.61 Å². The van der Waals surface area contributed by atoms with E-state index in [2.05, 4.69) is 17.2 Å². The van der Waals surface area contributed by atoms with Crippen molar-refractivity contribution in [1.29, 1.82) is 0 Å². The Balaban J connectivity index is 1.44. The molecule has 6 heteroatoms. The van der Waals surface area contributed by atoms with Crippen molar-refractivity contribution >= 4 is 17.3 Å². The van der Waals surface area contributed by atoms with Gasteiger partial charge >= 0.3 is 5.97 Å². The summed E-state index contributed by atoms with van der Waals surface area (Å²) in [7, 11) is 0. The second-order valence-electron chi connectivity index (χ2n) is 7.70. The van der Waals surface area contributed by atoms with E-state index in [4.69, 9.17) is 9.47 Å². The number of carbonyl (C=O) groups is 1. The van der Waals surface area contributed by atoms with Crippen LogP contribution >= 0.6 is 0 Å². The van der Waals surface area contributed by atoms with Crippen LogP contribution in [0.4, 0.5) is 15.8 Å². The zero-order valence-electron chi connectivity index (χ0n) is 18.9. The molecular formula is C27H29FN2O3. The van der Waals surface area contributed by atoms with Gasteiger partial charge < -0.3 is 9.47 Å². The summed E-state index contributed by atoms with van der Waals surface area (Å²) in [4.78, 5) is 12.4. The molecule has 0 aromatic heterocycles. The highest BCUT2D eigenvalue weighted by Gasteiger charge is 2.09. The molecule has 0 spiro atoms. The number of azo groups is 1. The van der Waals surface area contributed by atoms with Gasteiger partial charge in [-0.1, -0.05) is 45.1 Å². The number of hydrogen-bond acceptors (Lipinski definition) is 5. The van der Waals surface area contributed by atoms with Gasteiger partial charge in [0.15, 0.2) is 0 Å². The van der Waals surface area contributed by atoms with Gasteiger partial charge in [-0.2, -0.15) is 10.2 Å². The van der Waals surface area contributed by atoms with Crippen LogP contribution in [-0.2, 0) is 0 Å². The maximum atomic E-state index is 13.2. The highest BCUT2D eigenvalue weighted by molar-refractivity contribution is 5.91. The number of rotatable bonds is 12. The van der Waals surface area contributed by atoms with Gasteiger partial charge in [0, 0.05) is 6.07 Å². The molecule has 0 bridgehead atoms. The van der Waals surface area contributed by atoms with Crippen LogP contribution in [0.1, 0.15) is 55.8 Å². The minimum Gasteiger partial charge on any atom is -0.494 e. The maximum absolute atomic E-state index is 13.2. The molecule has 5 nitrogen and oxygen atoms in total. The maximum Gasteiger partial charge on any atom is 0.343 e. The third-order valence-corrected chi connectivity index (χ3v) is 4.99. The summed E-state index contributed by atoms with van der Waals surface area (Å²) in [5.74, 6) is 0.318. The van der Waals surface area contributed by atoms with Crippen LogP contribution in [0.25, 0.3) is 0 Å². The van der Waals surface area contributed by atoms with E-state index in [9.17, 15) is 9.18 Å². The highest BCUT2D eigenvalue weighted by atomic mass is 19.1. The first kappa shape index (κ1) is 24.1. The van der Waals surface area contributed by atoms with Crippen molar-refractivity contribution in [2.45, 2.75) is 45.4 Å². The first-order valence-electron chi connectivity index (χ1n) is 11.4. The Bertz CT molecular complexity index is 1030. The summed E-state index contributed by atoms with van der Waals surface area (Å²) in [5, 5.41) is 8.05. The average molecular weight is 449 g/mol. The first-order valence-corrected chi connectivity index (χ1v) is 11.4. The number of hydrogen-bond donors (Lipinski definition) is 0. The lowest BCUT2D eigenvalue weighted by molar-refractivity contribution is 0.0734. The summed E-state index contributed by atoms with van der Waals surface area (Å²) in [6.45, 7) is 2.89. The second kappa shape index (κ2) is 13.1. The summed E-state index contributed by atoms with van der Waals surface area (Å²) in [6, 6.07) is 19.4. The normalized spacial score (nSPS) is 11.0. The zero-order chi connectivity index (χ0) is 23.3. The minimum atomic E-state index is -0.452. The van der Waals surface area contributed by atoms with E-state index in [1.54, 1.807) is 60.7 Å². The quantitative estimate of drug-likeness (QED) is 0.121. The van der Waals surface area contributed by atoms with Crippen LogP contribution in [0.15, 0.2) is 83.0 Å². The monoisotopic (exact) mass is 448 g/mol. The number of esters is 1. The van der Waals surface area contributed by atoms with Crippen molar-refractivity contribution in [3.63, 3.8) is 0 Å². The first-order chi connectivity index (χ1) is 16.1. The zero-order valence-corrected chi connectivity index (χ0v) is 18.9. The standard InChI is InChI=1S/C27H29FN2O3/c1-2-3-4-5-6-7-19-32-25-15-11-21(12-16-25)27(31)33-26-17-13-23(14-18-26)29-30-24-10-8-9-22(28)20-24/h8-18,20H,2-7,19H2,1H3. The van der Waals surface area contributed by atoms with Crippen molar-refractivity contribution in [2.24, 2.45) is 10.2 Å². The van der Waals surface area contributed by atoms with Crippen LogP contribution in [0, 0.1) is 5.82 Å². The number of benzene rings is 3. The van der Waals surface area contributed by atoms with E-state index in [-0.39, 0.29) is 5.82 Å². The molecule has 0 saturated carbocycles. The summed E-state index contributed by atoms with van der Waals surface area (Å²) in [6.07, 6.45) is 7.29. The highest BCUT2D eigenvalue weighted by Crippen LogP contribution is 2.23. The molecular weight excluding hydrogens is 419 g/mol. The molecule has 0 radical (unpaired) electrons. The van der Waals surface area contributed by atoms with Crippen LogP contribution in [0.5, 0.6) is 11.5 Å². The summed E-state index contributed by atoms with van der Waals surface area (Å²) >= 11 is 0. The van der Waals surface area contributed by atoms with Crippen LogP contribution in [-0.4, -0.2) is 12.6 Å². The third-order valence-electron chi connectivity index (χ3n) is 4.99. The number of unbranched alkanes of at least 4 members (excludes halogenated alkanes) is 5. The molecule has 3 aromatic rings. The Morgan fingerprint density at radius 2 is 1.45 bits per heavy atom. The van der Waals surface area contributed by atoms with Gasteiger partial charge in [-0.15, -0.1) is 0 Å². The lowest BCUT2D eigenvalue weighted by Gasteiger charge is -2.08. The van der Waals surface area contributed by atoms with Crippen molar-refractivity contribution in [3.05, 3.63) is 84.2 Å². The molecule has 0 atom stereocenters. The fourth-order valence-corrected chi connectivity index (χ4v) is 3.16. The molecule has 33 heavy (non-hydrogen) atoms. The molecule has 0 unspecified atom stereocenters.